The first-order valence-corrected chi connectivity index (χ1v) is 5.34. The Balaban J connectivity index is 2.79. The fourth-order valence-corrected chi connectivity index (χ4v) is 1.42. The van der Waals surface area contributed by atoms with Gasteiger partial charge in [-0.1, -0.05) is 19.3 Å². The number of rotatable bonds is 4. The minimum absolute atomic E-state index is 0.0164. The van der Waals surface area contributed by atoms with Crippen LogP contribution < -0.4 is 5.32 Å². The molecule has 0 aliphatic heterocycles. The van der Waals surface area contributed by atoms with Crippen molar-refractivity contribution in [1.29, 1.82) is 0 Å². The zero-order chi connectivity index (χ0) is 12.8. The Labute approximate surface area is 99.7 Å². The summed E-state index contributed by atoms with van der Waals surface area (Å²) in [7, 11) is 0. The Hall–Kier alpha value is -2.02. The molecule has 0 radical (unpaired) electrons. The van der Waals surface area contributed by atoms with Crippen LogP contribution in [-0.4, -0.2) is 17.1 Å². The van der Waals surface area contributed by atoms with E-state index in [4.69, 9.17) is 6.42 Å². The number of hydrogen-bond donors (Lipinski definition) is 2. The third-order valence-electron chi connectivity index (χ3n) is 2.29. The van der Waals surface area contributed by atoms with Crippen molar-refractivity contribution >= 4 is 5.91 Å². The van der Waals surface area contributed by atoms with Crippen molar-refractivity contribution in [2.75, 3.05) is 0 Å². The number of amides is 1. The van der Waals surface area contributed by atoms with Crippen LogP contribution >= 0.6 is 0 Å². The second-order valence-corrected chi connectivity index (χ2v) is 3.64. The molecule has 3 nitrogen and oxygen atoms in total. The smallest absolute Gasteiger partial charge is 0.256 e. The molecule has 0 bridgehead atoms. The lowest BCUT2D eigenvalue weighted by molar-refractivity contribution is 0.0941. The van der Waals surface area contributed by atoms with Gasteiger partial charge in [0.2, 0.25) is 0 Å². The second kappa shape index (κ2) is 5.90. The van der Waals surface area contributed by atoms with Gasteiger partial charge in [-0.2, -0.15) is 0 Å². The number of carbonyl (C=O) groups excluding carboxylic acids is 1. The van der Waals surface area contributed by atoms with E-state index < -0.39 is 17.5 Å². The predicted octanol–water partition coefficient (Wildman–Crippen LogP) is 2.06. The lowest BCUT2D eigenvalue weighted by Crippen LogP contribution is -2.33. The Morgan fingerprint density at radius 1 is 1.65 bits per heavy atom. The van der Waals surface area contributed by atoms with E-state index in [0.29, 0.717) is 6.42 Å². The third kappa shape index (κ3) is 3.49. The van der Waals surface area contributed by atoms with E-state index in [2.05, 4.69) is 11.2 Å². The topological polar surface area (TPSA) is 49.3 Å². The lowest BCUT2D eigenvalue weighted by Gasteiger charge is -2.12. The molecule has 0 aliphatic rings. The molecular weight excluding hydrogens is 221 g/mol. The molecule has 0 aromatic heterocycles. The number of carbonyl (C=O) groups is 1. The number of halogens is 1. The summed E-state index contributed by atoms with van der Waals surface area (Å²) in [5.74, 6) is 0.956. The van der Waals surface area contributed by atoms with Crippen LogP contribution in [0.5, 0.6) is 5.75 Å². The van der Waals surface area contributed by atoms with Gasteiger partial charge in [0.1, 0.15) is 11.6 Å². The number of nitrogens with one attached hydrogen (secondary N) is 1. The molecule has 0 spiro atoms. The van der Waals surface area contributed by atoms with Gasteiger partial charge in [0, 0.05) is 6.07 Å². The van der Waals surface area contributed by atoms with Crippen LogP contribution in [0.3, 0.4) is 0 Å². The quantitative estimate of drug-likeness (QED) is 0.785. The lowest BCUT2D eigenvalue weighted by atomic mass is 10.1. The minimum Gasteiger partial charge on any atom is -0.507 e. The van der Waals surface area contributed by atoms with Crippen molar-refractivity contribution in [3.8, 4) is 18.1 Å². The molecule has 0 saturated carbocycles. The monoisotopic (exact) mass is 235 g/mol. The number of aromatic hydroxyl groups is 1. The minimum atomic E-state index is -0.596. The number of phenolic OH excluding ortho intramolecular Hbond substituents is 1. The van der Waals surface area contributed by atoms with Crippen LogP contribution in [0.25, 0.3) is 0 Å². The van der Waals surface area contributed by atoms with Gasteiger partial charge in [-0.15, -0.1) is 6.42 Å². The first kappa shape index (κ1) is 13.0. The maximum absolute atomic E-state index is 12.7. The fraction of sp³-hybridized carbons (Fsp3) is 0.308. The molecule has 1 atom stereocenters. The van der Waals surface area contributed by atoms with Gasteiger partial charge >= 0.3 is 0 Å². The van der Waals surface area contributed by atoms with Crippen molar-refractivity contribution in [3.63, 3.8) is 0 Å². The highest BCUT2D eigenvalue weighted by atomic mass is 19.1. The SMILES string of the molecule is C#CC(CCC)NC(=O)c1ccc(F)cc1O. The molecule has 1 amide bonds. The van der Waals surface area contributed by atoms with Crippen LogP contribution in [0.2, 0.25) is 0 Å². The van der Waals surface area contributed by atoms with E-state index in [0.717, 1.165) is 18.6 Å². The molecule has 0 heterocycles. The van der Waals surface area contributed by atoms with Gasteiger partial charge in [-0.05, 0) is 18.6 Å². The predicted molar refractivity (Wildman–Crippen MR) is 63.1 cm³/mol. The summed E-state index contributed by atoms with van der Waals surface area (Å²) >= 11 is 0. The number of hydrogen-bond acceptors (Lipinski definition) is 2. The molecule has 0 fully saturated rings. The summed E-state index contributed by atoms with van der Waals surface area (Å²) in [5, 5.41) is 12.0. The average Bonchev–Trinajstić information content (AvgIpc) is 2.28. The maximum Gasteiger partial charge on any atom is 0.256 e. The van der Waals surface area contributed by atoms with E-state index in [1.807, 2.05) is 6.92 Å². The van der Waals surface area contributed by atoms with Crippen molar-refractivity contribution in [1.82, 2.24) is 5.32 Å². The maximum atomic E-state index is 12.7. The molecular formula is C13H14FNO2. The normalized spacial score (nSPS) is 11.6. The number of phenols is 1. The molecule has 4 heteroatoms. The van der Waals surface area contributed by atoms with E-state index >= 15 is 0 Å². The Bertz CT molecular complexity index is 451. The molecule has 0 aliphatic carbocycles. The largest absolute Gasteiger partial charge is 0.507 e. The van der Waals surface area contributed by atoms with Crippen LogP contribution in [0.4, 0.5) is 4.39 Å². The van der Waals surface area contributed by atoms with Gasteiger partial charge in [-0.25, -0.2) is 4.39 Å². The zero-order valence-electron chi connectivity index (χ0n) is 9.53. The van der Waals surface area contributed by atoms with Crippen molar-refractivity contribution in [2.45, 2.75) is 25.8 Å². The first-order valence-electron chi connectivity index (χ1n) is 5.34. The van der Waals surface area contributed by atoms with Gasteiger partial charge in [0.05, 0.1) is 11.6 Å². The number of terminal acetylenes is 1. The molecule has 2 N–H and O–H groups in total. The van der Waals surface area contributed by atoms with Gasteiger partial charge in [-0.3, -0.25) is 4.79 Å². The van der Waals surface area contributed by atoms with E-state index in [1.54, 1.807) is 0 Å². The van der Waals surface area contributed by atoms with E-state index in [-0.39, 0.29) is 11.6 Å². The van der Waals surface area contributed by atoms with E-state index in [1.165, 1.54) is 6.07 Å². The van der Waals surface area contributed by atoms with Crippen LogP contribution in [-0.2, 0) is 0 Å². The molecule has 17 heavy (non-hydrogen) atoms. The van der Waals surface area contributed by atoms with E-state index in [9.17, 15) is 14.3 Å². The highest BCUT2D eigenvalue weighted by Gasteiger charge is 2.14. The molecule has 1 rings (SSSR count). The fourth-order valence-electron chi connectivity index (χ4n) is 1.42. The van der Waals surface area contributed by atoms with Gasteiger partial charge in [0.25, 0.3) is 5.91 Å². The average molecular weight is 235 g/mol. The molecule has 90 valence electrons. The van der Waals surface area contributed by atoms with Gasteiger partial charge < -0.3 is 10.4 Å². The van der Waals surface area contributed by atoms with Crippen LogP contribution in [0, 0.1) is 18.2 Å². The number of benzene rings is 1. The van der Waals surface area contributed by atoms with Crippen molar-refractivity contribution < 1.29 is 14.3 Å². The zero-order valence-corrected chi connectivity index (χ0v) is 9.53. The Kier molecular flexibility index (Phi) is 4.53. The highest BCUT2D eigenvalue weighted by Crippen LogP contribution is 2.18. The summed E-state index contributed by atoms with van der Waals surface area (Å²) in [4.78, 5) is 11.7. The third-order valence-corrected chi connectivity index (χ3v) is 2.29. The standard InChI is InChI=1S/C13H14FNO2/c1-3-5-10(4-2)15-13(17)11-7-6-9(14)8-12(11)16/h2,6-8,10,16H,3,5H2,1H3,(H,15,17). The summed E-state index contributed by atoms with van der Waals surface area (Å²) in [6.07, 6.45) is 6.75. The Morgan fingerprint density at radius 2 is 2.35 bits per heavy atom. The molecule has 1 aromatic carbocycles. The molecule has 0 saturated heterocycles. The first-order chi connectivity index (χ1) is 8.08. The summed E-state index contributed by atoms with van der Waals surface area (Å²) in [5.41, 5.74) is 0.0164. The summed E-state index contributed by atoms with van der Waals surface area (Å²) in [6, 6.07) is 2.84. The highest BCUT2D eigenvalue weighted by molar-refractivity contribution is 5.97. The van der Waals surface area contributed by atoms with Crippen LogP contribution in [0.1, 0.15) is 30.1 Å². The summed E-state index contributed by atoms with van der Waals surface area (Å²) in [6.45, 7) is 1.95. The van der Waals surface area contributed by atoms with Gasteiger partial charge in [0.15, 0.2) is 0 Å². The Morgan fingerprint density at radius 3 is 2.88 bits per heavy atom. The van der Waals surface area contributed by atoms with Crippen molar-refractivity contribution in [2.24, 2.45) is 0 Å². The summed E-state index contributed by atoms with van der Waals surface area (Å²) < 4.78 is 12.7. The van der Waals surface area contributed by atoms with Crippen molar-refractivity contribution in [3.05, 3.63) is 29.6 Å². The molecule has 1 unspecified atom stereocenters. The molecule has 1 aromatic rings. The van der Waals surface area contributed by atoms with Crippen LogP contribution in [0.15, 0.2) is 18.2 Å². The second-order valence-electron chi connectivity index (χ2n) is 3.64.